The molecular formula is C24H18F4N6O3. The normalized spacial score (nSPS) is 12.2. The molecule has 0 radical (unpaired) electrons. The van der Waals surface area contributed by atoms with Crippen LogP contribution in [0.4, 0.5) is 23.2 Å². The van der Waals surface area contributed by atoms with Crippen molar-refractivity contribution in [1.29, 1.82) is 0 Å². The summed E-state index contributed by atoms with van der Waals surface area (Å²) in [6.45, 7) is 2.88. The molecule has 37 heavy (non-hydrogen) atoms. The van der Waals surface area contributed by atoms with Crippen LogP contribution in [0.2, 0.25) is 0 Å². The SMILES string of the molecule is Cc1ccc(NC(=O)c2cc(C(C)NC(=O)c3cc(-c4cccnc4F)ncn3)no2)cc1C(F)(F)F. The van der Waals surface area contributed by atoms with Gasteiger partial charge in [0.1, 0.15) is 17.7 Å². The van der Waals surface area contributed by atoms with Gasteiger partial charge in [-0.25, -0.2) is 15.0 Å². The maximum Gasteiger partial charge on any atom is 0.416 e. The minimum atomic E-state index is -4.57. The van der Waals surface area contributed by atoms with Crippen LogP contribution in [-0.4, -0.2) is 31.9 Å². The van der Waals surface area contributed by atoms with Gasteiger partial charge in [0.2, 0.25) is 11.7 Å². The van der Waals surface area contributed by atoms with Crippen LogP contribution < -0.4 is 10.6 Å². The van der Waals surface area contributed by atoms with Crippen molar-refractivity contribution in [3.8, 4) is 11.3 Å². The monoisotopic (exact) mass is 514 g/mol. The van der Waals surface area contributed by atoms with Gasteiger partial charge < -0.3 is 15.2 Å². The van der Waals surface area contributed by atoms with E-state index < -0.39 is 35.5 Å². The molecule has 1 unspecified atom stereocenters. The number of hydrogen-bond donors (Lipinski definition) is 2. The number of carbonyl (C=O) groups is 2. The molecule has 0 spiro atoms. The van der Waals surface area contributed by atoms with Gasteiger partial charge in [-0.1, -0.05) is 11.2 Å². The first kappa shape index (κ1) is 25.4. The minimum absolute atomic E-state index is 0.0124. The highest BCUT2D eigenvalue weighted by Crippen LogP contribution is 2.33. The van der Waals surface area contributed by atoms with Crippen LogP contribution in [0, 0.1) is 12.9 Å². The lowest BCUT2D eigenvalue weighted by molar-refractivity contribution is -0.138. The predicted octanol–water partition coefficient (Wildman–Crippen LogP) is 4.74. The molecule has 13 heteroatoms. The van der Waals surface area contributed by atoms with E-state index in [4.69, 9.17) is 4.52 Å². The Kier molecular flexibility index (Phi) is 6.96. The second-order valence-corrected chi connectivity index (χ2v) is 7.92. The third-order valence-corrected chi connectivity index (χ3v) is 5.28. The molecule has 2 amide bonds. The number of hydrogen-bond acceptors (Lipinski definition) is 7. The van der Waals surface area contributed by atoms with Crippen molar-refractivity contribution in [2.24, 2.45) is 0 Å². The summed E-state index contributed by atoms with van der Waals surface area (Å²) in [7, 11) is 0. The van der Waals surface area contributed by atoms with Crippen LogP contribution in [0.3, 0.4) is 0 Å². The summed E-state index contributed by atoms with van der Waals surface area (Å²) in [5.41, 5.74) is -0.574. The van der Waals surface area contributed by atoms with E-state index in [2.05, 4.69) is 30.7 Å². The smallest absolute Gasteiger partial charge is 0.351 e. The van der Waals surface area contributed by atoms with Gasteiger partial charge in [-0.15, -0.1) is 0 Å². The first-order valence-corrected chi connectivity index (χ1v) is 10.7. The van der Waals surface area contributed by atoms with Gasteiger partial charge in [-0.2, -0.15) is 17.6 Å². The van der Waals surface area contributed by atoms with Crippen LogP contribution in [0.1, 0.15) is 50.8 Å². The Balaban J connectivity index is 1.44. The molecule has 190 valence electrons. The van der Waals surface area contributed by atoms with E-state index in [1.54, 1.807) is 6.92 Å². The Hall–Kier alpha value is -4.68. The van der Waals surface area contributed by atoms with Crippen LogP contribution >= 0.6 is 0 Å². The summed E-state index contributed by atoms with van der Waals surface area (Å²) in [6.07, 6.45) is -2.19. The largest absolute Gasteiger partial charge is 0.416 e. The minimum Gasteiger partial charge on any atom is -0.351 e. The zero-order chi connectivity index (χ0) is 26.7. The van der Waals surface area contributed by atoms with E-state index in [1.807, 2.05) is 0 Å². The topological polar surface area (TPSA) is 123 Å². The number of benzene rings is 1. The molecule has 2 N–H and O–H groups in total. The molecule has 4 aromatic rings. The van der Waals surface area contributed by atoms with E-state index in [0.29, 0.717) is 0 Å². The van der Waals surface area contributed by atoms with Gasteiger partial charge in [-0.05, 0) is 49.7 Å². The molecule has 0 saturated heterocycles. The summed E-state index contributed by atoms with van der Waals surface area (Å²) in [5, 5.41) is 8.70. The molecule has 0 bridgehead atoms. The number of halogens is 4. The lowest BCUT2D eigenvalue weighted by Crippen LogP contribution is -2.27. The second-order valence-electron chi connectivity index (χ2n) is 7.92. The van der Waals surface area contributed by atoms with Crippen molar-refractivity contribution >= 4 is 17.5 Å². The summed E-state index contributed by atoms with van der Waals surface area (Å²) in [6, 6.07) is 8.16. The Labute approximate surface area is 207 Å². The third kappa shape index (κ3) is 5.77. The zero-order valence-corrected chi connectivity index (χ0v) is 19.3. The highest BCUT2D eigenvalue weighted by Gasteiger charge is 2.32. The molecule has 3 heterocycles. The fourth-order valence-corrected chi connectivity index (χ4v) is 3.35. The van der Waals surface area contributed by atoms with Crippen LogP contribution in [0.25, 0.3) is 11.3 Å². The molecule has 9 nitrogen and oxygen atoms in total. The van der Waals surface area contributed by atoms with Gasteiger partial charge in [0.15, 0.2) is 0 Å². The van der Waals surface area contributed by atoms with Crippen LogP contribution in [0.5, 0.6) is 0 Å². The van der Waals surface area contributed by atoms with E-state index in [-0.39, 0.29) is 39.7 Å². The van der Waals surface area contributed by atoms with E-state index in [0.717, 1.165) is 12.4 Å². The van der Waals surface area contributed by atoms with Crippen molar-refractivity contribution in [3.05, 3.63) is 89.2 Å². The Bertz CT molecular complexity index is 1470. The molecule has 0 fully saturated rings. The van der Waals surface area contributed by atoms with Gasteiger partial charge in [-0.3, -0.25) is 9.59 Å². The Morgan fingerprint density at radius 2 is 1.81 bits per heavy atom. The summed E-state index contributed by atoms with van der Waals surface area (Å²) >= 11 is 0. The standard InChI is InChI=1S/C24H18F4N6O3/c1-12-5-6-14(8-16(12)24(26,27)28)33-23(36)20-10-17(34-37-20)13(2)32-22(35)19-9-18(30-11-31-19)15-4-3-7-29-21(15)25/h3-11,13H,1-2H3,(H,32,35)(H,33,36). The van der Waals surface area contributed by atoms with Crippen LogP contribution in [0.15, 0.2) is 59.5 Å². The number of aryl methyl sites for hydroxylation is 1. The summed E-state index contributed by atoms with van der Waals surface area (Å²) in [5.74, 6) is -2.49. The lowest BCUT2D eigenvalue weighted by Gasteiger charge is -2.12. The van der Waals surface area contributed by atoms with E-state index in [1.165, 1.54) is 49.5 Å². The number of carbonyl (C=O) groups excluding carboxylic acids is 2. The second kappa shape index (κ2) is 10.1. The maximum atomic E-state index is 14.0. The van der Waals surface area contributed by atoms with Crippen LogP contribution in [-0.2, 0) is 6.18 Å². The number of rotatable bonds is 6. The molecule has 0 aliphatic rings. The Morgan fingerprint density at radius 1 is 1.03 bits per heavy atom. The number of alkyl halides is 3. The molecule has 3 aromatic heterocycles. The quantitative estimate of drug-likeness (QED) is 0.282. The van der Waals surface area contributed by atoms with Gasteiger partial charge in [0.05, 0.1) is 22.9 Å². The molecule has 1 aromatic carbocycles. The first-order valence-electron chi connectivity index (χ1n) is 10.7. The number of amides is 2. The van der Waals surface area contributed by atoms with Crippen molar-refractivity contribution in [2.75, 3.05) is 5.32 Å². The van der Waals surface area contributed by atoms with Gasteiger partial charge in [0, 0.05) is 18.0 Å². The summed E-state index contributed by atoms with van der Waals surface area (Å²) < 4.78 is 58.4. The molecule has 0 aliphatic carbocycles. The number of pyridine rings is 1. The highest BCUT2D eigenvalue weighted by atomic mass is 19.4. The van der Waals surface area contributed by atoms with Gasteiger partial charge >= 0.3 is 6.18 Å². The number of nitrogens with one attached hydrogen (secondary N) is 2. The maximum absolute atomic E-state index is 14.0. The fourth-order valence-electron chi connectivity index (χ4n) is 3.35. The first-order chi connectivity index (χ1) is 17.5. The van der Waals surface area contributed by atoms with Crippen molar-refractivity contribution in [3.63, 3.8) is 0 Å². The Morgan fingerprint density at radius 3 is 2.54 bits per heavy atom. The van der Waals surface area contributed by atoms with E-state index in [9.17, 15) is 27.2 Å². The molecule has 0 saturated carbocycles. The zero-order valence-electron chi connectivity index (χ0n) is 19.3. The lowest BCUT2D eigenvalue weighted by atomic mass is 10.1. The average molecular weight is 514 g/mol. The predicted molar refractivity (Wildman–Crippen MR) is 122 cm³/mol. The van der Waals surface area contributed by atoms with Crippen molar-refractivity contribution in [2.45, 2.75) is 26.1 Å². The average Bonchev–Trinajstić information content (AvgIpc) is 3.36. The highest BCUT2D eigenvalue weighted by molar-refractivity contribution is 6.02. The van der Waals surface area contributed by atoms with Crippen molar-refractivity contribution in [1.82, 2.24) is 25.4 Å². The molecule has 0 aliphatic heterocycles. The van der Waals surface area contributed by atoms with Gasteiger partial charge in [0.25, 0.3) is 11.8 Å². The summed E-state index contributed by atoms with van der Waals surface area (Å²) in [4.78, 5) is 36.6. The third-order valence-electron chi connectivity index (χ3n) is 5.28. The molecular weight excluding hydrogens is 496 g/mol. The van der Waals surface area contributed by atoms with E-state index >= 15 is 0 Å². The molecule has 1 atom stereocenters. The molecule has 4 rings (SSSR count). The van der Waals surface area contributed by atoms with Crippen molar-refractivity contribution < 1.29 is 31.7 Å². The number of nitrogens with zero attached hydrogens (tertiary/aromatic N) is 4. The number of anilines is 1. The number of aromatic nitrogens is 4. The fraction of sp³-hybridized carbons (Fsp3) is 0.167.